The Morgan fingerprint density at radius 2 is 2.10 bits per heavy atom. The van der Waals surface area contributed by atoms with Gasteiger partial charge in [-0.1, -0.05) is 0 Å². The number of carboxylic acids is 2. The molecule has 20 heavy (non-hydrogen) atoms. The fourth-order valence-corrected chi connectivity index (χ4v) is 1.39. The number of H-pyrrole nitrogens is 1. The van der Waals surface area contributed by atoms with E-state index in [1.54, 1.807) is 0 Å². The number of aromatic amines is 1. The minimum absolute atomic E-state index is 0.298. The molecule has 1 rings (SSSR count). The van der Waals surface area contributed by atoms with Gasteiger partial charge < -0.3 is 20.8 Å². The summed E-state index contributed by atoms with van der Waals surface area (Å²) >= 11 is 0. The quantitative estimate of drug-likeness (QED) is 0.382. The van der Waals surface area contributed by atoms with Crippen LogP contribution in [0.5, 0.6) is 0 Å². The van der Waals surface area contributed by atoms with Crippen LogP contribution >= 0.6 is 0 Å². The molecule has 0 unspecified atom stereocenters. The number of amides is 2. The SMILES string of the molecule is O=C(O)C[C@H](NC(=O)NCCCc1ncn[nH]1)C(=O)O. The van der Waals surface area contributed by atoms with Gasteiger partial charge >= 0.3 is 18.0 Å². The van der Waals surface area contributed by atoms with Crippen molar-refractivity contribution >= 4 is 18.0 Å². The largest absolute Gasteiger partial charge is 0.481 e. The van der Waals surface area contributed by atoms with Gasteiger partial charge in [0.25, 0.3) is 0 Å². The summed E-state index contributed by atoms with van der Waals surface area (Å²) in [5.41, 5.74) is 0. The third-order valence-electron chi connectivity index (χ3n) is 2.32. The van der Waals surface area contributed by atoms with Crippen LogP contribution in [0.3, 0.4) is 0 Å². The predicted octanol–water partition coefficient (Wildman–Crippen LogP) is -1.04. The van der Waals surface area contributed by atoms with Crippen LogP contribution in [0, 0.1) is 0 Å². The molecule has 0 aliphatic rings. The summed E-state index contributed by atoms with van der Waals surface area (Å²) in [6, 6.07) is -2.18. The van der Waals surface area contributed by atoms with Crippen LogP contribution < -0.4 is 10.6 Å². The highest BCUT2D eigenvalue weighted by Crippen LogP contribution is 1.94. The van der Waals surface area contributed by atoms with Gasteiger partial charge in [-0.05, 0) is 6.42 Å². The van der Waals surface area contributed by atoms with E-state index in [2.05, 4.69) is 25.8 Å². The van der Waals surface area contributed by atoms with Crippen molar-refractivity contribution in [2.45, 2.75) is 25.3 Å². The van der Waals surface area contributed by atoms with Crippen LogP contribution in [0.1, 0.15) is 18.7 Å². The first kappa shape index (κ1) is 15.4. The van der Waals surface area contributed by atoms with Crippen LogP contribution in [0.2, 0.25) is 0 Å². The molecule has 1 aromatic heterocycles. The fraction of sp³-hybridized carbons (Fsp3) is 0.500. The highest BCUT2D eigenvalue weighted by Gasteiger charge is 2.22. The molecule has 0 bridgehead atoms. The molecule has 1 aromatic rings. The zero-order chi connectivity index (χ0) is 15.0. The molecule has 0 aromatic carbocycles. The van der Waals surface area contributed by atoms with Gasteiger partial charge in [-0.3, -0.25) is 9.89 Å². The summed E-state index contributed by atoms with van der Waals surface area (Å²) in [6.45, 7) is 0.298. The van der Waals surface area contributed by atoms with Crippen LogP contribution in [0.4, 0.5) is 4.79 Å². The van der Waals surface area contributed by atoms with Gasteiger partial charge in [0.15, 0.2) is 0 Å². The van der Waals surface area contributed by atoms with Gasteiger partial charge in [-0.2, -0.15) is 5.10 Å². The maximum atomic E-state index is 11.4. The van der Waals surface area contributed by atoms with Gasteiger partial charge in [0.1, 0.15) is 18.2 Å². The average Bonchev–Trinajstić information content (AvgIpc) is 2.86. The van der Waals surface area contributed by atoms with E-state index in [-0.39, 0.29) is 0 Å². The smallest absolute Gasteiger partial charge is 0.326 e. The Morgan fingerprint density at radius 3 is 2.65 bits per heavy atom. The van der Waals surface area contributed by atoms with Gasteiger partial charge in [0.2, 0.25) is 0 Å². The molecule has 0 fully saturated rings. The summed E-state index contributed by atoms with van der Waals surface area (Å²) in [5.74, 6) is -2.02. The van der Waals surface area contributed by atoms with E-state index in [0.717, 1.165) is 0 Å². The van der Waals surface area contributed by atoms with E-state index in [1.165, 1.54) is 6.33 Å². The Balaban J connectivity index is 2.24. The molecule has 0 saturated carbocycles. The van der Waals surface area contributed by atoms with Crippen LogP contribution in [0.15, 0.2) is 6.33 Å². The monoisotopic (exact) mass is 285 g/mol. The molecular weight excluding hydrogens is 270 g/mol. The Morgan fingerprint density at radius 1 is 1.35 bits per heavy atom. The second kappa shape index (κ2) is 7.71. The first-order chi connectivity index (χ1) is 9.49. The van der Waals surface area contributed by atoms with Crippen molar-refractivity contribution in [3.63, 3.8) is 0 Å². The lowest BCUT2D eigenvalue weighted by atomic mass is 10.2. The van der Waals surface area contributed by atoms with Gasteiger partial charge in [-0.15, -0.1) is 0 Å². The summed E-state index contributed by atoms with van der Waals surface area (Å²) in [5, 5.41) is 28.1. The molecule has 10 heteroatoms. The van der Waals surface area contributed by atoms with Crippen molar-refractivity contribution in [1.29, 1.82) is 0 Å². The minimum atomic E-state index is -1.46. The van der Waals surface area contributed by atoms with Gasteiger partial charge in [0, 0.05) is 13.0 Å². The molecule has 1 heterocycles. The van der Waals surface area contributed by atoms with E-state index >= 15 is 0 Å². The average molecular weight is 285 g/mol. The molecule has 0 aliphatic carbocycles. The van der Waals surface area contributed by atoms with E-state index in [0.29, 0.717) is 25.2 Å². The van der Waals surface area contributed by atoms with E-state index in [4.69, 9.17) is 10.2 Å². The molecular formula is C10H15N5O5. The van der Waals surface area contributed by atoms with Crippen molar-refractivity contribution in [3.8, 4) is 0 Å². The number of carboxylic acid groups (broad SMARTS) is 2. The minimum Gasteiger partial charge on any atom is -0.481 e. The maximum absolute atomic E-state index is 11.4. The summed E-state index contributed by atoms with van der Waals surface area (Å²) in [4.78, 5) is 36.5. The molecule has 1 atom stereocenters. The third-order valence-corrected chi connectivity index (χ3v) is 2.32. The maximum Gasteiger partial charge on any atom is 0.326 e. The lowest BCUT2D eigenvalue weighted by Gasteiger charge is -2.13. The van der Waals surface area contributed by atoms with E-state index < -0.39 is 30.4 Å². The molecule has 0 spiro atoms. The lowest BCUT2D eigenvalue weighted by molar-refractivity contribution is -0.145. The number of aromatic nitrogens is 3. The second-order valence-electron chi connectivity index (χ2n) is 3.92. The van der Waals surface area contributed by atoms with Crippen LogP contribution in [0.25, 0.3) is 0 Å². The molecule has 0 aliphatic heterocycles. The fourth-order valence-electron chi connectivity index (χ4n) is 1.39. The first-order valence-corrected chi connectivity index (χ1v) is 5.82. The third kappa shape index (κ3) is 5.80. The number of carbonyl (C=O) groups is 3. The molecule has 2 amide bonds. The van der Waals surface area contributed by atoms with Gasteiger partial charge in [0.05, 0.1) is 6.42 Å². The number of urea groups is 1. The molecule has 0 saturated heterocycles. The van der Waals surface area contributed by atoms with Crippen molar-refractivity contribution in [2.75, 3.05) is 6.54 Å². The van der Waals surface area contributed by atoms with E-state index in [9.17, 15) is 14.4 Å². The number of rotatable bonds is 8. The highest BCUT2D eigenvalue weighted by molar-refractivity contribution is 5.86. The Bertz CT molecular complexity index is 461. The van der Waals surface area contributed by atoms with Crippen LogP contribution in [-0.4, -0.2) is 56.0 Å². The van der Waals surface area contributed by atoms with E-state index in [1.807, 2.05) is 0 Å². The second-order valence-corrected chi connectivity index (χ2v) is 3.92. The van der Waals surface area contributed by atoms with Crippen molar-refractivity contribution in [3.05, 3.63) is 12.2 Å². The number of hydrogen-bond acceptors (Lipinski definition) is 5. The molecule has 0 radical (unpaired) electrons. The lowest BCUT2D eigenvalue weighted by Crippen LogP contribution is -2.47. The number of carbonyl (C=O) groups excluding carboxylic acids is 1. The Kier molecular flexibility index (Phi) is 5.94. The Labute approximate surface area is 113 Å². The summed E-state index contributed by atoms with van der Waals surface area (Å²) in [7, 11) is 0. The van der Waals surface area contributed by atoms with Crippen LogP contribution in [-0.2, 0) is 16.0 Å². The molecule has 110 valence electrons. The zero-order valence-corrected chi connectivity index (χ0v) is 10.5. The highest BCUT2D eigenvalue weighted by atomic mass is 16.4. The van der Waals surface area contributed by atoms with Crippen molar-refractivity contribution in [1.82, 2.24) is 25.8 Å². The Hall–Kier alpha value is -2.65. The standard InChI is InChI=1S/C10H15N5O5/c16-8(17)4-6(9(18)19)14-10(20)11-3-1-2-7-12-5-13-15-7/h5-6H,1-4H2,(H,16,17)(H,18,19)(H2,11,14,20)(H,12,13,15)/t6-/m0/s1. The number of aryl methyl sites for hydroxylation is 1. The molecule has 5 N–H and O–H groups in total. The summed E-state index contributed by atoms with van der Waals surface area (Å²) < 4.78 is 0. The van der Waals surface area contributed by atoms with Gasteiger partial charge in [-0.25, -0.2) is 14.6 Å². The van der Waals surface area contributed by atoms with Crippen molar-refractivity contribution < 1.29 is 24.6 Å². The predicted molar refractivity (Wildman–Crippen MR) is 64.9 cm³/mol. The number of nitrogens with one attached hydrogen (secondary N) is 3. The number of nitrogens with zero attached hydrogens (tertiary/aromatic N) is 2. The molecule has 10 nitrogen and oxygen atoms in total. The van der Waals surface area contributed by atoms with Crippen molar-refractivity contribution in [2.24, 2.45) is 0 Å². The summed E-state index contributed by atoms with van der Waals surface area (Å²) in [6.07, 6.45) is 1.86. The normalized spacial score (nSPS) is 11.6. The topological polar surface area (TPSA) is 157 Å². The number of hydrogen-bond donors (Lipinski definition) is 5. The number of aliphatic carboxylic acids is 2. The first-order valence-electron chi connectivity index (χ1n) is 5.82. The zero-order valence-electron chi connectivity index (χ0n) is 10.5.